The summed E-state index contributed by atoms with van der Waals surface area (Å²) in [7, 11) is -3.66. The van der Waals surface area contributed by atoms with Crippen molar-refractivity contribution < 1.29 is 22.7 Å². The molecule has 0 spiro atoms. The highest BCUT2D eigenvalue weighted by atomic mass is 32.2. The zero-order valence-electron chi connectivity index (χ0n) is 11.2. The molecule has 21 heavy (non-hydrogen) atoms. The predicted molar refractivity (Wildman–Crippen MR) is 75.3 cm³/mol. The molecule has 0 radical (unpaired) electrons. The number of hydrogen-bond acceptors (Lipinski definition) is 4. The molecule has 7 heteroatoms. The molecule has 0 unspecified atom stereocenters. The van der Waals surface area contributed by atoms with Crippen LogP contribution in [0.4, 0.5) is 0 Å². The van der Waals surface area contributed by atoms with Gasteiger partial charge in [0.15, 0.2) is 5.58 Å². The number of carbonyl (C=O) groups is 1. The lowest BCUT2D eigenvalue weighted by Crippen LogP contribution is -2.40. The van der Waals surface area contributed by atoms with E-state index in [1.165, 1.54) is 16.6 Å². The first-order chi connectivity index (χ1) is 10.00. The second-order valence-corrected chi connectivity index (χ2v) is 7.02. The molecule has 2 heterocycles. The number of para-hydroxylation sites is 1. The molecule has 1 aromatic carbocycles. The van der Waals surface area contributed by atoms with Crippen molar-refractivity contribution in [1.29, 1.82) is 0 Å². The van der Waals surface area contributed by atoms with Crippen molar-refractivity contribution in [3.63, 3.8) is 0 Å². The number of hydrogen-bond donors (Lipinski definition) is 1. The van der Waals surface area contributed by atoms with Crippen molar-refractivity contribution in [3.05, 3.63) is 30.5 Å². The van der Waals surface area contributed by atoms with E-state index in [9.17, 15) is 13.2 Å². The molecule has 0 aliphatic carbocycles. The van der Waals surface area contributed by atoms with Crippen LogP contribution in [0.3, 0.4) is 0 Å². The minimum atomic E-state index is -3.66. The SMILES string of the molecule is O=C(O)C1CCN(S(=O)(=O)c2cccc3ccoc23)CC1. The van der Waals surface area contributed by atoms with Gasteiger partial charge in [-0.15, -0.1) is 0 Å². The van der Waals surface area contributed by atoms with Crippen LogP contribution in [0.25, 0.3) is 11.0 Å². The Kier molecular flexibility index (Phi) is 3.46. The van der Waals surface area contributed by atoms with Gasteiger partial charge < -0.3 is 9.52 Å². The molecule has 0 atom stereocenters. The number of piperidine rings is 1. The molecule has 6 nitrogen and oxygen atoms in total. The highest BCUT2D eigenvalue weighted by Crippen LogP contribution is 2.29. The average Bonchev–Trinajstić information content (AvgIpc) is 2.95. The topological polar surface area (TPSA) is 87.8 Å². The molecule has 0 amide bonds. The maximum atomic E-state index is 12.7. The first-order valence-electron chi connectivity index (χ1n) is 6.69. The Hall–Kier alpha value is -1.86. The predicted octanol–water partition coefficient (Wildman–Crippen LogP) is 1.92. The lowest BCUT2D eigenvalue weighted by Gasteiger charge is -2.29. The van der Waals surface area contributed by atoms with Gasteiger partial charge in [-0.3, -0.25) is 4.79 Å². The largest absolute Gasteiger partial charge is 0.481 e. The minimum absolute atomic E-state index is 0.138. The van der Waals surface area contributed by atoms with Crippen molar-refractivity contribution in [1.82, 2.24) is 4.31 Å². The summed E-state index contributed by atoms with van der Waals surface area (Å²) in [5.74, 6) is -1.32. The summed E-state index contributed by atoms with van der Waals surface area (Å²) in [6.07, 6.45) is 2.13. The maximum Gasteiger partial charge on any atom is 0.306 e. The number of aliphatic carboxylic acids is 1. The summed E-state index contributed by atoms with van der Waals surface area (Å²) in [4.78, 5) is 11.1. The van der Waals surface area contributed by atoms with Crippen LogP contribution in [-0.4, -0.2) is 36.9 Å². The van der Waals surface area contributed by atoms with Crippen LogP contribution in [0.5, 0.6) is 0 Å². The Bertz CT molecular complexity index is 772. The van der Waals surface area contributed by atoms with Crippen LogP contribution in [0.1, 0.15) is 12.8 Å². The molecule has 1 saturated heterocycles. The molecule has 1 aliphatic rings. The fourth-order valence-electron chi connectivity index (χ4n) is 2.65. The van der Waals surface area contributed by atoms with Crippen molar-refractivity contribution in [2.75, 3.05) is 13.1 Å². The van der Waals surface area contributed by atoms with E-state index in [-0.39, 0.29) is 18.0 Å². The molecule has 1 aromatic heterocycles. The summed E-state index contributed by atoms with van der Waals surface area (Å²) in [6.45, 7) is 0.437. The van der Waals surface area contributed by atoms with Crippen LogP contribution < -0.4 is 0 Å². The van der Waals surface area contributed by atoms with E-state index in [1.807, 2.05) is 0 Å². The molecule has 3 rings (SSSR count). The van der Waals surface area contributed by atoms with Crippen LogP contribution >= 0.6 is 0 Å². The van der Waals surface area contributed by atoms with Crippen LogP contribution in [-0.2, 0) is 14.8 Å². The number of furan rings is 1. The summed E-state index contributed by atoms with van der Waals surface area (Å²) in [6, 6.07) is 6.69. The van der Waals surface area contributed by atoms with Crippen molar-refractivity contribution in [2.45, 2.75) is 17.7 Å². The normalized spacial score (nSPS) is 18.1. The average molecular weight is 309 g/mol. The number of benzene rings is 1. The first kappa shape index (κ1) is 14.1. The maximum absolute atomic E-state index is 12.7. The number of carboxylic acids is 1. The summed E-state index contributed by atoms with van der Waals surface area (Å²) >= 11 is 0. The zero-order valence-corrected chi connectivity index (χ0v) is 12.0. The van der Waals surface area contributed by atoms with Gasteiger partial charge in [-0.05, 0) is 25.0 Å². The molecule has 1 N–H and O–H groups in total. The van der Waals surface area contributed by atoms with Gasteiger partial charge in [-0.2, -0.15) is 4.31 Å². The quantitative estimate of drug-likeness (QED) is 0.935. The number of carboxylic acid groups (broad SMARTS) is 1. The molecule has 2 aromatic rings. The monoisotopic (exact) mass is 309 g/mol. The standard InChI is InChI=1S/C14H15NO5S/c16-14(17)11-4-7-15(8-5-11)21(18,19)12-3-1-2-10-6-9-20-13(10)12/h1-3,6,9,11H,4-5,7-8H2,(H,16,17). The minimum Gasteiger partial charge on any atom is -0.481 e. The molecule has 1 fully saturated rings. The Morgan fingerprint density at radius 3 is 2.62 bits per heavy atom. The fraction of sp³-hybridized carbons (Fsp3) is 0.357. The number of sulfonamides is 1. The second-order valence-electron chi connectivity index (χ2n) is 5.11. The van der Waals surface area contributed by atoms with E-state index in [4.69, 9.17) is 9.52 Å². The Labute approximate surface area is 122 Å². The van der Waals surface area contributed by atoms with E-state index < -0.39 is 21.9 Å². The van der Waals surface area contributed by atoms with E-state index in [0.717, 1.165) is 5.39 Å². The fourth-order valence-corrected chi connectivity index (χ4v) is 4.27. The van der Waals surface area contributed by atoms with Gasteiger partial charge in [0.2, 0.25) is 10.0 Å². The highest BCUT2D eigenvalue weighted by Gasteiger charge is 2.33. The van der Waals surface area contributed by atoms with E-state index in [1.54, 1.807) is 18.2 Å². The van der Waals surface area contributed by atoms with Gasteiger partial charge in [0, 0.05) is 18.5 Å². The molecular weight excluding hydrogens is 294 g/mol. The summed E-state index contributed by atoms with van der Waals surface area (Å²) < 4.78 is 32.0. The van der Waals surface area contributed by atoms with Crippen LogP contribution in [0.15, 0.2) is 39.8 Å². The van der Waals surface area contributed by atoms with Crippen molar-refractivity contribution >= 4 is 27.0 Å². The molecule has 112 valence electrons. The van der Waals surface area contributed by atoms with Gasteiger partial charge in [0.25, 0.3) is 0 Å². The number of nitrogens with zero attached hydrogens (tertiary/aromatic N) is 1. The Balaban J connectivity index is 1.91. The van der Waals surface area contributed by atoms with Gasteiger partial charge in [-0.25, -0.2) is 8.42 Å². The zero-order chi connectivity index (χ0) is 15.0. The van der Waals surface area contributed by atoms with Gasteiger partial charge >= 0.3 is 5.97 Å². The smallest absolute Gasteiger partial charge is 0.306 e. The van der Waals surface area contributed by atoms with Crippen molar-refractivity contribution in [2.24, 2.45) is 5.92 Å². The third-order valence-electron chi connectivity index (χ3n) is 3.86. The Morgan fingerprint density at radius 2 is 1.95 bits per heavy atom. The Morgan fingerprint density at radius 1 is 1.24 bits per heavy atom. The summed E-state index contributed by atoms with van der Waals surface area (Å²) in [5, 5.41) is 9.71. The third kappa shape index (κ3) is 2.43. The van der Waals surface area contributed by atoms with E-state index >= 15 is 0 Å². The first-order valence-corrected chi connectivity index (χ1v) is 8.13. The third-order valence-corrected chi connectivity index (χ3v) is 5.79. The van der Waals surface area contributed by atoms with E-state index in [2.05, 4.69) is 0 Å². The molecule has 0 bridgehead atoms. The molecule has 1 aliphatic heterocycles. The lowest BCUT2D eigenvalue weighted by atomic mass is 9.99. The van der Waals surface area contributed by atoms with Gasteiger partial charge in [0.05, 0.1) is 12.2 Å². The summed E-state index contributed by atoms with van der Waals surface area (Å²) in [5.41, 5.74) is 0.345. The van der Waals surface area contributed by atoms with Crippen LogP contribution in [0, 0.1) is 5.92 Å². The van der Waals surface area contributed by atoms with E-state index in [0.29, 0.717) is 18.4 Å². The molecular formula is C14H15NO5S. The number of fused-ring (bicyclic) bond motifs is 1. The highest BCUT2D eigenvalue weighted by molar-refractivity contribution is 7.89. The van der Waals surface area contributed by atoms with Gasteiger partial charge in [0.1, 0.15) is 4.90 Å². The number of rotatable bonds is 3. The second kappa shape index (κ2) is 5.16. The lowest BCUT2D eigenvalue weighted by molar-refractivity contribution is -0.142. The van der Waals surface area contributed by atoms with Gasteiger partial charge in [-0.1, -0.05) is 12.1 Å². The molecule has 0 saturated carbocycles. The van der Waals surface area contributed by atoms with Crippen LogP contribution in [0.2, 0.25) is 0 Å². The van der Waals surface area contributed by atoms with Crippen molar-refractivity contribution in [3.8, 4) is 0 Å².